The first kappa shape index (κ1) is 13.2. The molecule has 1 heterocycles. The molecule has 0 N–H and O–H groups in total. The predicted octanol–water partition coefficient (Wildman–Crippen LogP) is 1.83. The molecule has 0 aliphatic heterocycles. The largest absolute Gasteiger partial charge is 0.380 e. The van der Waals surface area contributed by atoms with Crippen LogP contribution >= 0.6 is 24.4 Å². The number of hydrogen-bond acceptors (Lipinski definition) is 6. The second kappa shape index (κ2) is 7.23. The van der Waals surface area contributed by atoms with Crippen molar-refractivity contribution >= 4 is 24.4 Å². The van der Waals surface area contributed by atoms with Crippen molar-refractivity contribution in [2.75, 3.05) is 24.7 Å². The maximum absolute atomic E-state index is 5.37. The van der Waals surface area contributed by atoms with Crippen molar-refractivity contribution in [1.29, 1.82) is 0 Å². The monoisotopic (exact) mass is 274 g/mol. The molecule has 1 aromatic rings. The number of rotatable bonds is 7. The lowest BCUT2D eigenvalue weighted by Gasteiger charge is -2.10. The topological polar surface area (TPSA) is 52.8 Å². The van der Waals surface area contributed by atoms with Crippen LogP contribution in [0.25, 0.3) is 0 Å². The van der Waals surface area contributed by atoms with Crippen LogP contribution in [0.1, 0.15) is 31.7 Å². The van der Waals surface area contributed by atoms with Crippen molar-refractivity contribution < 1.29 is 4.74 Å². The molecule has 1 aliphatic carbocycles. The standard InChI is InChI=1S/C10H18N4OS2/c16-7-5-15-6-8-17-10-11-12-13-14(10)9-3-1-2-4-9/h9,16H,1-8H2. The van der Waals surface area contributed by atoms with Crippen LogP contribution in [0.3, 0.4) is 0 Å². The van der Waals surface area contributed by atoms with Crippen LogP contribution in [0.4, 0.5) is 0 Å². The van der Waals surface area contributed by atoms with Gasteiger partial charge in [-0.1, -0.05) is 24.6 Å². The second-order valence-electron chi connectivity index (χ2n) is 4.03. The lowest BCUT2D eigenvalue weighted by Crippen LogP contribution is -2.09. The molecule has 0 spiro atoms. The van der Waals surface area contributed by atoms with Crippen molar-refractivity contribution in [3.05, 3.63) is 0 Å². The summed E-state index contributed by atoms with van der Waals surface area (Å²) in [5, 5.41) is 12.9. The van der Waals surface area contributed by atoms with Gasteiger partial charge in [0, 0.05) is 11.5 Å². The first-order chi connectivity index (χ1) is 8.42. The summed E-state index contributed by atoms with van der Waals surface area (Å²) in [7, 11) is 0. The highest BCUT2D eigenvalue weighted by Crippen LogP contribution is 2.31. The fourth-order valence-electron chi connectivity index (χ4n) is 2.02. The Labute approximate surface area is 111 Å². The van der Waals surface area contributed by atoms with Crippen molar-refractivity contribution in [1.82, 2.24) is 20.2 Å². The van der Waals surface area contributed by atoms with Gasteiger partial charge in [-0.3, -0.25) is 0 Å². The van der Waals surface area contributed by atoms with Gasteiger partial charge in [-0.15, -0.1) is 5.10 Å². The van der Waals surface area contributed by atoms with Gasteiger partial charge in [0.15, 0.2) is 0 Å². The molecule has 0 radical (unpaired) electrons. The number of thioether (sulfide) groups is 1. The quantitative estimate of drug-likeness (QED) is 0.467. The van der Waals surface area contributed by atoms with Crippen LogP contribution in [-0.4, -0.2) is 44.9 Å². The number of ether oxygens (including phenoxy) is 1. The third-order valence-electron chi connectivity index (χ3n) is 2.83. The SMILES string of the molecule is SCCOCCSc1nnnn1C1CCCC1. The van der Waals surface area contributed by atoms with Gasteiger partial charge in [0.2, 0.25) is 5.16 Å². The fourth-order valence-corrected chi connectivity index (χ4v) is 2.94. The average molecular weight is 274 g/mol. The lowest BCUT2D eigenvalue weighted by atomic mass is 10.3. The molecular weight excluding hydrogens is 256 g/mol. The van der Waals surface area contributed by atoms with E-state index >= 15 is 0 Å². The summed E-state index contributed by atoms with van der Waals surface area (Å²) in [4.78, 5) is 0. The minimum atomic E-state index is 0.505. The Kier molecular flexibility index (Phi) is 5.60. The van der Waals surface area contributed by atoms with Gasteiger partial charge in [-0.05, 0) is 23.3 Å². The summed E-state index contributed by atoms with van der Waals surface area (Å²) >= 11 is 5.76. The van der Waals surface area contributed by atoms with Gasteiger partial charge in [0.1, 0.15) is 0 Å². The zero-order valence-electron chi connectivity index (χ0n) is 9.79. The molecule has 0 bridgehead atoms. The predicted molar refractivity (Wildman–Crippen MR) is 70.7 cm³/mol. The molecule has 1 aromatic heterocycles. The van der Waals surface area contributed by atoms with E-state index in [0.717, 1.165) is 23.3 Å². The fraction of sp³-hybridized carbons (Fsp3) is 0.900. The van der Waals surface area contributed by atoms with Gasteiger partial charge in [0.05, 0.1) is 19.3 Å². The van der Waals surface area contributed by atoms with Gasteiger partial charge in [-0.2, -0.15) is 12.6 Å². The molecule has 0 aromatic carbocycles. The van der Waals surface area contributed by atoms with Crippen LogP contribution in [0.5, 0.6) is 0 Å². The van der Waals surface area contributed by atoms with Crippen molar-refractivity contribution in [2.45, 2.75) is 36.9 Å². The van der Waals surface area contributed by atoms with Gasteiger partial charge in [-0.25, -0.2) is 4.68 Å². The maximum atomic E-state index is 5.37. The average Bonchev–Trinajstić information content (AvgIpc) is 2.98. The van der Waals surface area contributed by atoms with E-state index < -0.39 is 0 Å². The minimum Gasteiger partial charge on any atom is -0.380 e. The number of thiol groups is 1. The van der Waals surface area contributed by atoms with Crippen LogP contribution < -0.4 is 0 Å². The summed E-state index contributed by atoms with van der Waals surface area (Å²) in [5.74, 6) is 1.66. The highest BCUT2D eigenvalue weighted by Gasteiger charge is 2.21. The molecule has 17 heavy (non-hydrogen) atoms. The van der Waals surface area contributed by atoms with Crippen LogP contribution in [-0.2, 0) is 4.74 Å². The zero-order chi connectivity index (χ0) is 11.9. The van der Waals surface area contributed by atoms with Gasteiger partial charge >= 0.3 is 0 Å². The normalized spacial score (nSPS) is 16.8. The molecule has 96 valence electrons. The van der Waals surface area contributed by atoms with Crippen molar-refractivity contribution in [3.63, 3.8) is 0 Å². The van der Waals surface area contributed by atoms with E-state index in [2.05, 4.69) is 28.2 Å². The maximum Gasteiger partial charge on any atom is 0.209 e. The van der Waals surface area contributed by atoms with Crippen molar-refractivity contribution in [3.8, 4) is 0 Å². The number of nitrogens with zero attached hydrogens (tertiary/aromatic N) is 4. The lowest BCUT2D eigenvalue weighted by molar-refractivity contribution is 0.167. The van der Waals surface area contributed by atoms with Crippen LogP contribution in [0.15, 0.2) is 5.16 Å². The zero-order valence-corrected chi connectivity index (χ0v) is 11.5. The van der Waals surface area contributed by atoms with Crippen molar-refractivity contribution in [2.24, 2.45) is 0 Å². The Balaban J connectivity index is 1.78. The Hall–Kier alpha value is -0.270. The van der Waals surface area contributed by atoms with E-state index in [1.165, 1.54) is 25.7 Å². The second-order valence-corrected chi connectivity index (χ2v) is 5.54. The summed E-state index contributed by atoms with van der Waals surface area (Å²) in [6.45, 7) is 1.43. The van der Waals surface area contributed by atoms with E-state index in [1.54, 1.807) is 11.8 Å². The number of hydrogen-bond donors (Lipinski definition) is 1. The molecule has 1 aliphatic rings. The summed E-state index contributed by atoms with van der Waals surface area (Å²) in [6.07, 6.45) is 4.99. The third-order valence-corrected chi connectivity index (χ3v) is 3.91. The van der Waals surface area contributed by atoms with E-state index in [4.69, 9.17) is 4.74 Å². The summed E-state index contributed by atoms with van der Waals surface area (Å²) < 4.78 is 7.35. The Bertz CT molecular complexity index is 328. The molecule has 1 saturated carbocycles. The molecule has 0 saturated heterocycles. The van der Waals surface area contributed by atoms with E-state index in [9.17, 15) is 0 Å². The molecular formula is C10H18N4OS2. The molecule has 2 rings (SSSR count). The molecule has 0 amide bonds. The minimum absolute atomic E-state index is 0.505. The third kappa shape index (κ3) is 3.86. The first-order valence-corrected chi connectivity index (χ1v) is 7.63. The molecule has 5 nitrogen and oxygen atoms in total. The molecule has 7 heteroatoms. The highest BCUT2D eigenvalue weighted by atomic mass is 32.2. The number of tetrazole rings is 1. The Morgan fingerprint density at radius 2 is 2.18 bits per heavy atom. The number of aromatic nitrogens is 4. The van der Waals surface area contributed by atoms with Gasteiger partial charge < -0.3 is 4.74 Å². The Morgan fingerprint density at radius 3 is 2.94 bits per heavy atom. The molecule has 0 unspecified atom stereocenters. The van der Waals surface area contributed by atoms with E-state index in [1.807, 2.05) is 4.68 Å². The summed E-state index contributed by atoms with van der Waals surface area (Å²) in [5.41, 5.74) is 0. The molecule has 0 atom stereocenters. The first-order valence-electron chi connectivity index (χ1n) is 6.01. The summed E-state index contributed by atoms with van der Waals surface area (Å²) in [6, 6.07) is 0.505. The van der Waals surface area contributed by atoms with E-state index in [-0.39, 0.29) is 0 Å². The van der Waals surface area contributed by atoms with Crippen LogP contribution in [0, 0.1) is 0 Å². The smallest absolute Gasteiger partial charge is 0.209 e. The highest BCUT2D eigenvalue weighted by molar-refractivity contribution is 7.99. The van der Waals surface area contributed by atoms with Gasteiger partial charge in [0.25, 0.3) is 0 Å². The van der Waals surface area contributed by atoms with E-state index in [0.29, 0.717) is 12.6 Å². The van der Waals surface area contributed by atoms with Crippen LogP contribution in [0.2, 0.25) is 0 Å². The Morgan fingerprint density at radius 1 is 1.35 bits per heavy atom. The molecule has 1 fully saturated rings.